The minimum absolute atomic E-state index is 0.00435. The molecule has 28 heavy (non-hydrogen) atoms. The van der Waals surface area contributed by atoms with E-state index in [0.717, 1.165) is 16.9 Å². The number of rotatable bonds is 9. The van der Waals surface area contributed by atoms with Crippen molar-refractivity contribution in [3.63, 3.8) is 0 Å². The second-order valence-corrected chi connectivity index (χ2v) is 7.96. The summed E-state index contributed by atoms with van der Waals surface area (Å²) in [7, 11) is 1.78. The van der Waals surface area contributed by atoms with Gasteiger partial charge >= 0.3 is 0 Å². The minimum Gasteiger partial charge on any atom is -0.491 e. The number of halogens is 2. The topological polar surface area (TPSA) is 49.8 Å². The van der Waals surface area contributed by atoms with Crippen LogP contribution in [0.1, 0.15) is 37.3 Å². The van der Waals surface area contributed by atoms with Crippen LogP contribution in [0.3, 0.4) is 0 Å². The first kappa shape index (κ1) is 22.5. The number of carbonyl (C=O) groups is 1. The van der Waals surface area contributed by atoms with Crippen LogP contribution in [0.5, 0.6) is 5.75 Å². The fourth-order valence-electron chi connectivity index (χ4n) is 3.03. The number of likely N-dealkylation sites (N-methyl/N-ethyl adjacent to an activating group) is 1. The molecule has 0 saturated heterocycles. The third-order valence-corrected chi connectivity index (χ3v) is 5.18. The highest BCUT2D eigenvalue weighted by Gasteiger charge is 2.18. The van der Waals surface area contributed by atoms with Crippen LogP contribution in [-0.4, -0.2) is 42.2 Å². The Morgan fingerprint density at radius 3 is 2.54 bits per heavy atom. The SMILES string of the molecule is CC(C)Oc1cccc(CC(=O)N(C)CC(CCO)c2ccc(Cl)c(Cl)c2)c1. The number of carbonyl (C=O) groups excluding carboxylic acids is 1. The van der Waals surface area contributed by atoms with Gasteiger partial charge in [-0.05, 0) is 55.7 Å². The molecule has 6 heteroatoms. The van der Waals surface area contributed by atoms with Gasteiger partial charge in [-0.3, -0.25) is 4.79 Å². The van der Waals surface area contributed by atoms with Crippen molar-refractivity contribution in [1.82, 2.24) is 4.90 Å². The normalized spacial score (nSPS) is 12.1. The average Bonchev–Trinajstić information content (AvgIpc) is 2.63. The molecule has 2 aromatic rings. The van der Waals surface area contributed by atoms with E-state index in [-0.39, 0.29) is 24.5 Å². The summed E-state index contributed by atoms with van der Waals surface area (Å²) < 4.78 is 5.70. The summed E-state index contributed by atoms with van der Waals surface area (Å²) in [5.41, 5.74) is 1.86. The van der Waals surface area contributed by atoms with Crippen LogP contribution < -0.4 is 4.74 Å². The number of nitrogens with zero attached hydrogens (tertiary/aromatic N) is 1. The minimum atomic E-state index is -0.0238. The van der Waals surface area contributed by atoms with Gasteiger partial charge in [0.25, 0.3) is 0 Å². The maximum atomic E-state index is 12.7. The molecule has 0 aliphatic carbocycles. The summed E-state index contributed by atoms with van der Waals surface area (Å²) in [5.74, 6) is 0.742. The van der Waals surface area contributed by atoms with Gasteiger partial charge in [0.05, 0.1) is 22.6 Å². The first-order valence-corrected chi connectivity index (χ1v) is 10.1. The number of ether oxygens (including phenoxy) is 1. The Morgan fingerprint density at radius 2 is 1.89 bits per heavy atom. The van der Waals surface area contributed by atoms with Gasteiger partial charge in [-0.15, -0.1) is 0 Å². The van der Waals surface area contributed by atoms with Gasteiger partial charge < -0.3 is 14.7 Å². The van der Waals surface area contributed by atoms with Crippen molar-refractivity contribution in [3.8, 4) is 5.75 Å². The molecular formula is C22H27Cl2NO3. The maximum Gasteiger partial charge on any atom is 0.226 e. The first-order chi connectivity index (χ1) is 13.3. The first-order valence-electron chi connectivity index (χ1n) is 9.35. The van der Waals surface area contributed by atoms with Gasteiger partial charge in [-0.1, -0.05) is 41.4 Å². The molecule has 1 N–H and O–H groups in total. The smallest absolute Gasteiger partial charge is 0.226 e. The van der Waals surface area contributed by atoms with Crippen molar-refractivity contribution in [2.24, 2.45) is 0 Å². The number of aliphatic hydroxyl groups is 1. The molecular weight excluding hydrogens is 397 g/mol. The Kier molecular flexibility index (Phi) is 8.61. The Hall–Kier alpha value is -1.75. The zero-order valence-corrected chi connectivity index (χ0v) is 18.0. The van der Waals surface area contributed by atoms with Crippen molar-refractivity contribution in [3.05, 3.63) is 63.6 Å². The van der Waals surface area contributed by atoms with Crippen LogP contribution in [0.2, 0.25) is 10.0 Å². The number of aliphatic hydroxyl groups excluding tert-OH is 1. The van der Waals surface area contributed by atoms with E-state index in [1.54, 1.807) is 24.1 Å². The number of hydrogen-bond donors (Lipinski definition) is 1. The molecule has 0 fully saturated rings. The molecule has 1 unspecified atom stereocenters. The van der Waals surface area contributed by atoms with Crippen LogP contribution in [0, 0.1) is 0 Å². The third kappa shape index (κ3) is 6.69. The Morgan fingerprint density at radius 1 is 1.14 bits per heavy atom. The molecule has 0 aliphatic rings. The second kappa shape index (κ2) is 10.7. The zero-order valence-electron chi connectivity index (χ0n) is 16.5. The van der Waals surface area contributed by atoms with Gasteiger partial charge in [0, 0.05) is 26.1 Å². The Labute approximate surface area is 177 Å². The van der Waals surface area contributed by atoms with Gasteiger partial charge in [-0.25, -0.2) is 0 Å². The standard InChI is InChI=1S/C22H27Cl2NO3/c1-15(2)28-19-6-4-5-16(11-19)12-22(27)25(3)14-18(9-10-26)17-7-8-20(23)21(24)13-17/h4-8,11,13,15,18,26H,9-10,12,14H2,1-3H3. The van der Waals surface area contributed by atoms with E-state index >= 15 is 0 Å². The highest BCUT2D eigenvalue weighted by molar-refractivity contribution is 6.42. The molecule has 0 aromatic heterocycles. The second-order valence-electron chi connectivity index (χ2n) is 7.15. The zero-order chi connectivity index (χ0) is 20.7. The predicted molar refractivity (Wildman–Crippen MR) is 114 cm³/mol. The largest absolute Gasteiger partial charge is 0.491 e. The van der Waals surface area contributed by atoms with E-state index in [4.69, 9.17) is 27.9 Å². The summed E-state index contributed by atoms with van der Waals surface area (Å²) >= 11 is 12.1. The summed E-state index contributed by atoms with van der Waals surface area (Å²) in [6, 6.07) is 13.0. The van der Waals surface area contributed by atoms with Crippen LogP contribution in [-0.2, 0) is 11.2 Å². The molecule has 0 heterocycles. The monoisotopic (exact) mass is 423 g/mol. The third-order valence-electron chi connectivity index (χ3n) is 4.44. The Balaban J connectivity index is 2.05. The van der Waals surface area contributed by atoms with Crippen LogP contribution in [0.15, 0.2) is 42.5 Å². The summed E-state index contributed by atoms with van der Waals surface area (Å²) in [4.78, 5) is 14.4. The lowest BCUT2D eigenvalue weighted by molar-refractivity contribution is -0.129. The summed E-state index contributed by atoms with van der Waals surface area (Å²) in [6.45, 7) is 4.45. The van der Waals surface area contributed by atoms with E-state index < -0.39 is 0 Å². The Bertz CT molecular complexity index is 795. The molecule has 1 amide bonds. The van der Waals surface area contributed by atoms with E-state index in [2.05, 4.69) is 0 Å². The number of benzene rings is 2. The van der Waals surface area contributed by atoms with E-state index in [1.165, 1.54) is 0 Å². The van der Waals surface area contributed by atoms with Crippen molar-refractivity contribution < 1.29 is 14.6 Å². The molecule has 4 nitrogen and oxygen atoms in total. The van der Waals surface area contributed by atoms with Crippen molar-refractivity contribution >= 4 is 29.1 Å². The highest BCUT2D eigenvalue weighted by atomic mass is 35.5. The van der Waals surface area contributed by atoms with Crippen molar-refractivity contribution in [2.75, 3.05) is 20.2 Å². The van der Waals surface area contributed by atoms with E-state index in [9.17, 15) is 9.90 Å². The lowest BCUT2D eigenvalue weighted by Gasteiger charge is -2.25. The quantitative estimate of drug-likeness (QED) is 0.620. The summed E-state index contributed by atoms with van der Waals surface area (Å²) in [6.07, 6.45) is 0.908. The fourth-order valence-corrected chi connectivity index (χ4v) is 3.33. The molecule has 0 radical (unpaired) electrons. The summed E-state index contributed by atoms with van der Waals surface area (Å²) in [5, 5.41) is 10.4. The molecule has 2 rings (SSSR count). The van der Waals surface area contributed by atoms with E-state index in [1.807, 2.05) is 44.2 Å². The van der Waals surface area contributed by atoms with Crippen molar-refractivity contribution in [2.45, 2.75) is 38.7 Å². The van der Waals surface area contributed by atoms with Gasteiger partial charge in [0.15, 0.2) is 0 Å². The predicted octanol–water partition coefficient (Wildman–Crippen LogP) is 4.95. The highest BCUT2D eigenvalue weighted by Crippen LogP contribution is 2.28. The molecule has 1 atom stereocenters. The van der Waals surface area contributed by atoms with Gasteiger partial charge in [-0.2, -0.15) is 0 Å². The molecule has 152 valence electrons. The maximum absolute atomic E-state index is 12.7. The van der Waals surface area contributed by atoms with E-state index in [0.29, 0.717) is 29.4 Å². The molecule has 2 aromatic carbocycles. The molecule has 0 spiro atoms. The lowest BCUT2D eigenvalue weighted by Crippen LogP contribution is -2.32. The molecule has 0 bridgehead atoms. The van der Waals surface area contributed by atoms with Crippen LogP contribution in [0.25, 0.3) is 0 Å². The number of amides is 1. The fraction of sp³-hybridized carbons (Fsp3) is 0.409. The lowest BCUT2D eigenvalue weighted by atomic mass is 9.95. The van der Waals surface area contributed by atoms with Gasteiger partial charge in [0.1, 0.15) is 5.75 Å². The number of hydrogen-bond acceptors (Lipinski definition) is 3. The van der Waals surface area contributed by atoms with Gasteiger partial charge in [0.2, 0.25) is 5.91 Å². The molecule has 0 aliphatic heterocycles. The van der Waals surface area contributed by atoms with Crippen LogP contribution in [0.4, 0.5) is 0 Å². The molecule has 0 saturated carbocycles. The van der Waals surface area contributed by atoms with Crippen LogP contribution >= 0.6 is 23.2 Å². The van der Waals surface area contributed by atoms with Crippen molar-refractivity contribution in [1.29, 1.82) is 0 Å². The average molecular weight is 424 g/mol.